The highest BCUT2D eigenvalue weighted by molar-refractivity contribution is 5.59. The Hall–Kier alpha value is -2.04. The molecule has 0 spiro atoms. The lowest BCUT2D eigenvalue weighted by molar-refractivity contribution is 0.622. The molecule has 2 aromatic heterocycles. The fourth-order valence-electron chi connectivity index (χ4n) is 1.11. The molecule has 1 N–H and O–H groups in total. The third-order valence-electron chi connectivity index (χ3n) is 1.73. The zero-order valence-corrected chi connectivity index (χ0v) is 7.07. The minimum absolute atomic E-state index is 0.305. The van der Waals surface area contributed by atoms with E-state index in [1.165, 1.54) is 24.8 Å². The van der Waals surface area contributed by atoms with Gasteiger partial charge in [-0.15, -0.1) is 0 Å². The molecule has 0 fully saturated rings. The second kappa shape index (κ2) is 3.37. The van der Waals surface area contributed by atoms with Gasteiger partial charge in [0.25, 0.3) is 5.56 Å². The maximum absolute atomic E-state index is 12.8. The first-order valence-electron chi connectivity index (χ1n) is 3.91. The van der Waals surface area contributed by atoms with Gasteiger partial charge in [0.15, 0.2) is 0 Å². The molecular formula is C9H6FN3O. The Morgan fingerprint density at radius 1 is 1.21 bits per heavy atom. The van der Waals surface area contributed by atoms with Crippen LogP contribution in [-0.4, -0.2) is 15.0 Å². The number of nitrogens with one attached hydrogen (secondary N) is 1. The molecule has 0 aliphatic carbocycles. The van der Waals surface area contributed by atoms with Crippen molar-refractivity contribution in [2.75, 3.05) is 0 Å². The van der Waals surface area contributed by atoms with E-state index < -0.39 is 5.82 Å². The third-order valence-corrected chi connectivity index (χ3v) is 1.73. The Balaban J connectivity index is 2.61. The normalized spacial score (nSPS) is 10.1. The molecule has 0 unspecified atom stereocenters. The SMILES string of the molecule is O=c1[nH]cncc1-c1cncc(F)c1. The van der Waals surface area contributed by atoms with Crippen LogP contribution in [0.5, 0.6) is 0 Å². The Labute approximate surface area is 78.5 Å². The predicted octanol–water partition coefficient (Wildman–Crippen LogP) is 0.971. The fraction of sp³-hybridized carbons (Fsp3) is 0. The van der Waals surface area contributed by atoms with Crippen LogP contribution in [0.25, 0.3) is 11.1 Å². The maximum Gasteiger partial charge on any atom is 0.258 e. The lowest BCUT2D eigenvalue weighted by atomic mass is 10.1. The smallest absolute Gasteiger partial charge is 0.258 e. The second-order valence-corrected chi connectivity index (χ2v) is 2.69. The first kappa shape index (κ1) is 8.55. The van der Waals surface area contributed by atoms with Crippen molar-refractivity contribution < 1.29 is 4.39 Å². The number of rotatable bonds is 1. The summed E-state index contributed by atoms with van der Waals surface area (Å²) in [6.07, 6.45) is 5.14. The molecular weight excluding hydrogens is 185 g/mol. The molecule has 0 saturated heterocycles. The highest BCUT2D eigenvalue weighted by Gasteiger charge is 2.03. The van der Waals surface area contributed by atoms with Crippen molar-refractivity contribution in [3.63, 3.8) is 0 Å². The molecule has 0 radical (unpaired) electrons. The molecule has 70 valence electrons. The summed E-state index contributed by atoms with van der Waals surface area (Å²) >= 11 is 0. The van der Waals surface area contributed by atoms with E-state index in [0.717, 1.165) is 6.20 Å². The number of halogens is 1. The third kappa shape index (κ3) is 1.52. The summed E-state index contributed by atoms with van der Waals surface area (Å²) < 4.78 is 12.8. The quantitative estimate of drug-likeness (QED) is 0.730. The van der Waals surface area contributed by atoms with Gasteiger partial charge in [0.05, 0.1) is 18.1 Å². The minimum Gasteiger partial charge on any atom is -0.313 e. The van der Waals surface area contributed by atoms with Gasteiger partial charge >= 0.3 is 0 Å². The standard InChI is InChI=1S/C9H6FN3O/c10-7-1-6(2-11-3-7)8-4-12-5-13-9(8)14/h1-5H,(H,12,13,14). The van der Waals surface area contributed by atoms with Gasteiger partial charge in [-0.2, -0.15) is 0 Å². The van der Waals surface area contributed by atoms with E-state index in [1.807, 2.05) is 0 Å². The molecule has 2 aromatic rings. The van der Waals surface area contributed by atoms with Gasteiger partial charge in [-0.25, -0.2) is 9.37 Å². The summed E-state index contributed by atoms with van der Waals surface area (Å²) in [6.45, 7) is 0. The number of nitrogens with zero attached hydrogens (tertiary/aromatic N) is 2. The highest BCUT2D eigenvalue weighted by atomic mass is 19.1. The molecule has 0 aliphatic heterocycles. The molecule has 0 amide bonds. The summed E-state index contributed by atoms with van der Waals surface area (Å²) in [5.41, 5.74) is 0.409. The molecule has 14 heavy (non-hydrogen) atoms. The van der Waals surface area contributed by atoms with Crippen LogP contribution in [0, 0.1) is 5.82 Å². The van der Waals surface area contributed by atoms with Crippen molar-refractivity contribution >= 4 is 0 Å². The summed E-state index contributed by atoms with van der Waals surface area (Å²) in [5, 5.41) is 0. The van der Waals surface area contributed by atoms with Crippen LogP contribution in [0.2, 0.25) is 0 Å². The van der Waals surface area contributed by atoms with E-state index in [4.69, 9.17) is 0 Å². The van der Waals surface area contributed by atoms with Gasteiger partial charge in [-0.05, 0) is 6.07 Å². The van der Waals surface area contributed by atoms with Crippen LogP contribution in [0.4, 0.5) is 4.39 Å². The summed E-state index contributed by atoms with van der Waals surface area (Å²) in [4.78, 5) is 21.1. The Kier molecular flexibility index (Phi) is 2.06. The Morgan fingerprint density at radius 3 is 2.79 bits per heavy atom. The van der Waals surface area contributed by atoms with Gasteiger partial charge in [-0.1, -0.05) is 0 Å². The van der Waals surface area contributed by atoms with Crippen molar-refractivity contribution in [1.82, 2.24) is 15.0 Å². The molecule has 0 bridgehead atoms. The van der Waals surface area contributed by atoms with E-state index in [-0.39, 0.29) is 5.56 Å². The van der Waals surface area contributed by atoms with Crippen molar-refractivity contribution in [2.45, 2.75) is 0 Å². The van der Waals surface area contributed by atoms with Gasteiger partial charge in [0.1, 0.15) is 5.82 Å². The molecule has 4 nitrogen and oxygen atoms in total. The number of hydrogen-bond acceptors (Lipinski definition) is 3. The van der Waals surface area contributed by atoms with Crippen LogP contribution >= 0.6 is 0 Å². The van der Waals surface area contributed by atoms with Gasteiger partial charge in [-0.3, -0.25) is 9.78 Å². The number of pyridine rings is 1. The van der Waals surface area contributed by atoms with Crippen molar-refractivity contribution in [3.05, 3.63) is 47.2 Å². The molecule has 2 rings (SSSR count). The van der Waals surface area contributed by atoms with E-state index in [1.54, 1.807) is 0 Å². The molecule has 5 heteroatoms. The Morgan fingerprint density at radius 2 is 2.07 bits per heavy atom. The molecule has 0 atom stereocenters. The van der Waals surface area contributed by atoms with E-state index in [9.17, 15) is 9.18 Å². The van der Waals surface area contributed by atoms with Crippen LogP contribution in [0.1, 0.15) is 0 Å². The summed E-state index contributed by atoms with van der Waals surface area (Å²) in [6, 6.07) is 1.24. The van der Waals surface area contributed by atoms with Crippen LogP contribution in [0.15, 0.2) is 35.8 Å². The van der Waals surface area contributed by atoms with Crippen molar-refractivity contribution in [2.24, 2.45) is 0 Å². The van der Waals surface area contributed by atoms with E-state index in [0.29, 0.717) is 11.1 Å². The van der Waals surface area contributed by atoms with E-state index >= 15 is 0 Å². The first-order valence-corrected chi connectivity index (χ1v) is 3.91. The van der Waals surface area contributed by atoms with Gasteiger partial charge in [0.2, 0.25) is 0 Å². The molecule has 0 aromatic carbocycles. The summed E-state index contributed by atoms with van der Waals surface area (Å²) in [5.74, 6) is -0.481. The largest absolute Gasteiger partial charge is 0.313 e. The second-order valence-electron chi connectivity index (χ2n) is 2.69. The van der Waals surface area contributed by atoms with Crippen molar-refractivity contribution in [1.29, 1.82) is 0 Å². The average Bonchev–Trinajstić information content (AvgIpc) is 2.18. The predicted molar refractivity (Wildman–Crippen MR) is 48.0 cm³/mol. The fourth-order valence-corrected chi connectivity index (χ4v) is 1.11. The average molecular weight is 191 g/mol. The first-order chi connectivity index (χ1) is 6.77. The van der Waals surface area contributed by atoms with Gasteiger partial charge < -0.3 is 4.98 Å². The van der Waals surface area contributed by atoms with Crippen molar-refractivity contribution in [3.8, 4) is 11.1 Å². The van der Waals surface area contributed by atoms with Crippen LogP contribution < -0.4 is 5.56 Å². The van der Waals surface area contributed by atoms with Crippen LogP contribution in [0.3, 0.4) is 0 Å². The number of aromatic amines is 1. The van der Waals surface area contributed by atoms with Gasteiger partial charge in [0, 0.05) is 18.0 Å². The number of hydrogen-bond donors (Lipinski definition) is 1. The molecule has 0 aliphatic rings. The monoisotopic (exact) mass is 191 g/mol. The number of H-pyrrole nitrogens is 1. The lowest BCUT2D eigenvalue weighted by Crippen LogP contribution is -2.08. The minimum atomic E-state index is -0.481. The highest BCUT2D eigenvalue weighted by Crippen LogP contribution is 2.12. The summed E-state index contributed by atoms with van der Waals surface area (Å²) in [7, 11) is 0. The number of aromatic nitrogens is 3. The zero-order chi connectivity index (χ0) is 9.97. The van der Waals surface area contributed by atoms with Crippen LogP contribution in [-0.2, 0) is 0 Å². The Bertz CT molecular complexity index is 509. The topological polar surface area (TPSA) is 58.6 Å². The van der Waals surface area contributed by atoms with E-state index in [2.05, 4.69) is 15.0 Å². The zero-order valence-electron chi connectivity index (χ0n) is 7.07. The molecule has 0 saturated carbocycles. The maximum atomic E-state index is 12.8. The lowest BCUT2D eigenvalue weighted by Gasteiger charge is -1.97. The molecule has 2 heterocycles.